The van der Waals surface area contributed by atoms with E-state index in [0.29, 0.717) is 6.04 Å². The van der Waals surface area contributed by atoms with Gasteiger partial charge in [0.15, 0.2) is 0 Å². The normalized spacial score (nSPS) is 8.00. The summed E-state index contributed by atoms with van der Waals surface area (Å²) in [6.45, 7) is 4.11. The molecule has 0 saturated heterocycles. The van der Waals surface area contributed by atoms with E-state index in [1.54, 1.807) is 0 Å². The minimum Gasteiger partial charge on any atom is -0.663 e. The van der Waals surface area contributed by atoms with Crippen molar-refractivity contribution in [2.24, 2.45) is 0 Å². The van der Waals surface area contributed by atoms with Crippen molar-refractivity contribution >= 4 is 0 Å². The Hall–Kier alpha value is 1.06. The van der Waals surface area contributed by atoms with Crippen molar-refractivity contribution < 1.29 is 32.7 Å². The quantitative estimate of drug-likeness (QED) is 0.551. The Morgan fingerprint density at radius 1 is 1.33 bits per heavy atom. The van der Waals surface area contributed by atoms with Gasteiger partial charge in [0.05, 0.1) is 0 Å². The number of nitrogens with zero attached hydrogens (tertiary/aromatic N) is 1. The summed E-state index contributed by atoms with van der Waals surface area (Å²) in [5, 5.41) is 3.89. The van der Waals surface area contributed by atoms with Crippen LogP contribution in [0.5, 0.6) is 0 Å². The summed E-state index contributed by atoms with van der Waals surface area (Å²) in [6.07, 6.45) is 0. The molecule has 6 heavy (non-hydrogen) atoms. The van der Waals surface area contributed by atoms with Gasteiger partial charge < -0.3 is 5.32 Å². The first-order valence-corrected chi connectivity index (χ1v) is 1.86. The second kappa shape index (κ2) is 6.06. The first kappa shape index (κ1) is 10.1. The Morgan fingerprint density at radius 3 is 1.50 bits per heavy atom. The molecule has 0 spiro atoms. The largest absolute Gasteiger partial charge is 0.663 e. The molecule has 0 aromatic heterocycles. The molecule has 0 aromatic carbocycles. The molecular weight excluding hydrogens is 151 g/mol. The van der Waals surface area contributed by atoms with E-state index in [1.165, 1.54) is 0 Å². The molecule has 0 heterocycles. The third kappa shape index (κ3) is 8.91. The first-order chi connectivity index (χ1) is 2.27. The minimum absolute atomic E-state index is 0. The van der Waals surface area contributed by atoms with Crippen LogP contribution in [0.15, 0.2) is 0 Å². The first-order valence-electron chi connectivity index (χ1n) is 1.86. The van der Waals surface area contributed by atoms with Crippen LogP contribution in [0.25, 0.3) is 5.32 Å². The smallest absolute Gasteiger partial charge is 0 e. The summed E-state index contributed by atoms with van der Waals surface area (Å²) in [6, 6.07) is 0.509. The van der Waals surface area contributed by atoms with E-state index in [4.69, 9.17) is 0 Å². The summed E-state index contributed by atoms with van der Waals surface area (Å²) in [4.78, 5) is 0. The van der Waals surface area contributed by atoms with Gasteiger partial charge in [0.25, 0.3) is 0 Å². The average Bonchev–Trinajstić information content (AvgIpc) is 1.38. The van der Waals surface area contributed by atoms with Crippen LogP contribution in [0, 0.1) is 0 Å². The zero-order chi connectivity index (χ0) is 4.28. The predicted molar refractivity (Wildman–Crippen MR) is 24.4 cm³/mol. The van der Waals surface area contributed by atoms with Crippen LogP contribution >= 0.6 is 0 Å². The van der Waals surface area contributed by atoms with Crippen molar-refractivity contribution in [3.8, 4) is 0 Å². The van der Waals surface area contributed by atoms with Crippen LogP contribution in [-0.2, 0) is 32.7 Å². The maximum atomic E-state index is 3.89. The fourth-order valence-corrected chi connectivity index (χ4v) is 0. The van der Waals surface area contributed by atoms with Crippen molar-refractivity contribution in [3.63, 3.8) is 0 Å². The Balaban J connectivity index is 0. The maximum Gasteiger partial charge on any atom is 0 e. The van der Waals surface area contributed by atoms with Crippen LogP contribution in [-0.4, -0.2) is 13.1 Å². The second-order valence-corrected chi connectivity index (χ2v) is 1.35. The molecule has 1 nitrogen and oxygen atoms in total. The number of rotatable bonds is 1. The molecule has 0 fully saturated rings. The predicted octanol–water partition coefficient (Wildman–Crippen LogP) is 1.40. The molecule has 2 heteroatoms. The second-order valence-electron chi connectivity index (χ2n) is 1.35. The molecule has 0 atom stereocenters. The van der Waals surface area contributed by atoms with E-state index in [-0.39, 0.29) is 32.7 Å². The van der Waals surface area contributed by atoms with Crippen LogP contribution in [0.2, 0.25) is 0 Å². The van der Waals surface area contributed by atoms with Crippen LogP contribution in [0.3, 0.4) is 0 Å². The van der Waals surface area contributed by atoms with E-state index >= 15 is 0 Å². The standard InChI is InChI=1S/C4H10N.Y/c1-4(2)5-3;/h4H,1-3H3;/q-1;. The van der Waals surface area contributed by atoms with Gasteiger partial charge in [-0.25, -0.2) is 0 Å². The van der Waals surface area contributed by atoms with Crippen molar-refractivity contribution in [1.29, 1.82) is 0 Å². The van der Waals surface area contributed by atoms with Crippen LogP contribution in [0.1, 0.15) is 13.8 Å². The van der Waals surface area contributed by atoms with Gasteiger partial charge in [-0.05, 0) is 0 Å². The van der Waals surface area contributed by atoms with Gasteiger partial charge in [0.1, 0.15) is 0 Å². The summed E-state index contributed by atoms with van der Waals surface area (Å²) in [7, 11) is 1.82. The summed E-state index contributed by atoms with van der Waals surface area (Å²) in [5.41, 5.74) is 0. The van der Waals surface area contributed by atoms with Gasteiger partial charge in [-0.3, -0.25) is 0 Å². The van der Waals surface area contributed by atoms with Gasteiger partial charge in [-0.15, -0.1) is 6.04 Å². The number of hydrogen-bond donors (Lipinski definition) is 0. The average molecular weight is 161 g/mol. The summed E-state index contributed by atoms with van der Waals surface area (Å²) in [5.74, 6) is 0. The molecular formula is C4H10NY-. The molecule has 0 amide bonds. The van der Waals surface area contributed by atoms with E-state index in [9.17, 15) is 0 Å². The molecule has 0 bridgehead atoms. The van der Waals surface area contributed by atoms with Gasteiger partial charge >= 0.3 is 0 Å². The molecule has 0 N–H and O–H groups in total. The molecule has 1 radical (unpaired) electrons. The van der Waals surface area contributed by atoms with E-state index in [1.807, 2.05) is 7.05 Å². The monoisotopic (exact) mass is 161 g/mol. The fraction of sp³-hybridized carbons (Fsp3) is 1.00. The van der Waals surface area contributed by atoms with E-state index < -0.39 is 0 Å². The SMILES string of the molecule is C[N-]C(C)C.[Y]. The van der Waals surface area contributed by atoms with Gasteiger partial charge in [-0.1, -0.05) is 13.8 Å². The summed E-state index contributed by atoms with van der Waals surface area (Å²) >= 11 is 0. The molecule has 0 aliphatic heterocycles. The molecule has 0 rings (SSSR count). The maximum absolute atomic E-state index is 3.89. The van der Waals surface area contributed by atoms with Gasteiger partial charge in [-0.2, -0.15) is 7.05 Å². The zero-order valence-corrected chi connectivity index (χ0v) is 7.44. The third-order valence-electron chi connectivity index (χ3n) is 0.516. The van der Waals surface area contributed by atoms with E-state index in [0.717, 1.165) is 0 Å². The van der Waals surface area contributed by atoms with Crippen LogP contribution < -0.4 is 0 Å². The molecule has 0 aliphatic carbocycles. The Kier molecular flexibility index (Phi) is 10.2. The van der Waals surface area contributed by atoms with Crippen LogP contribution in [0.4, 0.5) is 0 Å². The van der Waals surface area contributed by atoms with Gasteiger partial charge in [0, 0.05) is 32.7 Å². The molecule has 35 valence electrons. The zero-order valence-electron chi connectivity index (χ0n) is 4.60. The third-order valence-corrected chi connectivity index (χ3v) is 0.516. The van der Waals surface area contributed by atoms with Crippen molar-refractivity contribution in [2.75, 3.05) is 7.05 Å². The molecule has 0 aliphatic rings. The van der Waals surface area contributed by atoms with Crippen molar-refractivity contribution in [3.05, 3.63) is 5.32 Å². The Bertz CT molecular complexity index is 21.5. The molecule has 0 unspecified atom stereocenters. The minimum atomic E-state index is 0. The Morgan fingerprint density at radius 2 is 1.50 bits per heavy atom. The van der Waals surface area contributed by atoms with Crippen molar-refractivity contribution in [1.82, 2.24) is 0 Å². The van der Waals surface area contributed by atoms with E-state index in [2.05, 4.69) is 19.2 Å². The summed E-state index contributed by atoms with van der Waals surface area (Å²) < 4.78 is 0. The van der Waals surface area contributed by atoms with Crippen molar-refractivity contribution in [2.45, 2.75) is 19.9 Å². The fourth-order valence-electron chi connectivity index (χ4n) is 0. The molecule has 0 saturated carbocycles. The Labute approximate surface area is 64.8 Å². The van der Waals surface area contributed by atoms with Gasteiger partial charge in [0.2, 0.25) is 0 Å². The molecule has 0 aromatic rings. The number of hydrogen-bond acceptors (Lipinski definition) is 0. The topological polar surface area (TPSA) is 14.1 Å².